The summed E-state index contributed by atoms with van der Waals surface area (Å²) in [4.78, 5) is 0. The third kappa shape index (κ3) is 4.53. The third-order valence-electron chi connectivity index (χ3n) is 2.40. The van der Waals surface area contributed by atoms with Crippen LogP contribution >= 0.6 is 0 Å². The van der Waals surface area contributed by atoms with Gasteiger partial charge in [-0.25, -0.2) is 8.78 Å². The van der Waals surface area contributed by atoms with E-state index >= 15 is 0 Å². The third-order valence-corrected chi connectivity index (χ3v) is 2.40. The molecule has 0 unspecified atom stereocenters. The van der Waals surface area contributed by atoms with Crippen molar-refractivity contribution in [1.29, 1.82) is 0 Å². The molecule has 0 saturated heterocycles. The highest BCUT2D eigenvalue weighted by Crippen LogP contribution is 2.27. The van der Waals surface area contributed by atoms with E-state index in [0.29, 0.717) is 7.69 Å². The fourth-order valence-corrected chi connectivity index (χ4v) is 1.51. The molecule has 0 aromatic heterocycles. The second-order valence-electron chi connectivity index (χ2n) is 3.85. The van der Waals surface area contributed by atoms with E-state index in [9.17, 15) is 8.78 Å². The molecule has 18 heavy (non-hydrogen) atoms. The smallest absolute Gasteiger partial charge is 0.537 e. The summed E-state index contributed by atoms with van der Waals surface area (Å²) in [5, 5.41) is 8.37. The minimum absolute atomic E-state index is 0.120. The summed E-state index contributed by atoms with van der Waals surface area (Å²) >= 11 is 0. The van der Waals surface area contributed by atoms with Crippen molar-refractivity contribution in [1.82, 2.24) is 0 Å². The zero-order valence-electron chi connectivity index (χ0n) is 10.3. The highest BCUT2D eigenvalue weighted by Gasteiger charge is 2.13. The molecule has 0 heterocycles. The predicted molar refractivity (Wildman–Crippen MR) is 64.6 cm³/mol. The standard InChI is InChI=1S/C12H16BF2O3/c1-2-3-4-5-6-17-12-10(14)7-9(18-13-16)8-11(12)15/h7-8,16H,2-6H2,1H3. The number of hydrogen-bond acceptors (Lipinski definition) is 3. The molecule has 0 spiro atoms. The molecule has 0 aliphatic carbocycles. The van der Waals surface area contributed by atoms with Gasteiger partial charge in [0, 0.05) is 12.1 Å². The Hall–Kier alpha value is -1.30. The summed E-state index contributed by atoms with van der Waals surface area (Å²) in [6.45, 7) is 2.36. The number of rotatable bonds is 8. The maximum Gasteiger partial charge on any atom is 0.569 e. The van der Waals surface area contributed by atoms with Crippen LogP contribution in [0.2, 0.25) is 0 Å². The Labute approximate surface area is 106 Å². The largest absolute Gasteiger partial charge is 0.569 e. The van der Waals surface area contributed by atoms with Crippen LogP contribution in [-0.4, -0.2) is 19.3 Å². The Morgan fingerprint density at radius 3 is 2.39 bits per heavy atom. The lowest BCUT2D eigenvalue weighted by atomic mass is 10.2. The van der Waals surface area contributed by atoms with Gasteiger partial charge in [0.25, 0.3) is 0 Å². The van der Waals surface area contributed by atoms with Crippen LogP contribution in [0.4, 0.5) is 8.78 Å². The molecule has 0 aliphatic heterocycles. The average Bonchev–Trinajstić information content (AvgIpc) is 2.32. The number of benzene rings is 1. The van der Waals surface area contributed by atoms with Gasteiger partial charge >= 0.3 is 7.69 Å². The van der Waals surface area contributed by atoms with Crippen molar-refractivity contribution in [2.45, 2.75) is 32.6 Å². The number of ether oxygens (including phenoxy) is 1. The van der Waals surface area contributed by atoms with Crippen LogP contribution in [0.5, 0.6) is 11.5 Å². The Morgan fingerprint density at radius 2 is 1.83 bits per heavy atom. The van der Waals surface area contributed by atoms with E-state index in [1.165, 1.54) is 0 Å². The van der Waals surface area contributed by atoms with Crippen molar-refractivity contribution in [2.75, 3.05) is 6.61 Å². The molecule has 1 aromatic carbocycles. The molecule has 6 heteroatoms. The quantitative estimate of drug-likeness (QED) is 0.574. The first-order chi connectivity index (χ1) is 8.69. The van der Waals surface area contributed by atoms with Gasteiger partial charge in [-0.05, 0) is 6.42 Å². The lowest BCUT2D eigenvalue weighted by Crippen LogP contribution is -2.04. The van der Waals surface area contributed by atoms with Gasteiger partial charge in [0.15, 0.2) is 17.4 Å². The molecular formula is C12H16BF2O3. The first kappa shape index (κ1) is 14.8. The molecule has 3 nitrogen and oxygen atoms in total. The highest BCUT2D eigenvalue weighted by atomic mass is 19.1. The normalized spacial score (nSPS) is 10.2. The van der Waals surface area contributed by atoms with Gasteiger partial charge in [-0.3, -0.25) is 0 Å². The van der Waals surface area contributed by atoms with E-state index in [4.69, 9.17) is 9.76 Å². The fraction of sp³-hybridized carbons (Fsp3) is 0.500. The van der Waals surface area contributed by atoms with Gasteiger partial charge in [0.05, 0.1) is 6.61 Å². The highest BCUT2D eigenvalue weighted by molar-refractivity contribution is 6.17. The minimum atomic E-state index is -0.845. The molecule has 0 amide bonds. The van der Waals surface area contributed by atoms with Gasteiger partial charge in [-0.15, -0.1) is 0 Å². The summed E-state index contributed by atoms with van der Waals surface area (Å²) < 4.78 is 36.5. The second kappa shape index (κ2) is 7.92. The SMILES string of the molecule is CCCCCCOc1c(F)cc(O[B]O)cc1F. The van der Waals surface area contributed by atoms with Crippen molar-refractivity contribution in [3.05, 3.63) is 23.8 Å². The fourth-order valence-electron chi connectivity index (χ4n) is 1.51. The van der Waals surface area contributed by atoms with Crippen molar-refractivity contribution in [2.24, 2.45) is 0 Å². The Bertz CT molecular complexity index is 351. The van der Waals surface area contributed by atoms with Crippen molar-refractivity contribution in [3.63, 3.8) is 0 Å². The molecule has 1 N–H and O–H groups in total. The van der Waals surface area contributed by atoms with E-state index in [1.807, 2.05) is 0 Å². The molecule has 0 fully saturated rings. The Morgan fingerprint density at radius 1 is 1.17 bits per heavy atom. The summed E-state index contributed by atoms with van der Waals surface area (Å²) in [6.07, 6.45) is 3.90. The Kier molecular flexibility index (Phi) is 6.50. The number of unbranched alkanes of at least 4 members (excludes halogenated alkanes) is 3. The maximum absolute atomic E-state index is 13.5. The first-order valence-electron chi connectivity index (χ1n) is 5.93. The van der Waals surface area contributed by atoms with Gasteiger partial charge < -0.3 is 14.4 Å². The number of halogens is 2. The van der Waals surface area contributed by atoms with Crippen LogP contribution in [0, 0.1) is 11.6 Å². The van der Waals surface area contributed by atoms with Crippen LogP contribution in [-0.2, 0) is 0 Å². The molecule has 1 radical (unpaired) electrons. The summed E-state index contributed by atoms with van der Waals surface area (Å²) in [5.74, 6) is -2.22. The first-order valence-corrected chi connectivity index (χ1v) is 5.93. The lowest BCUT2D eigenvalue weighted by Gasteiger charge is -2.10. The Balaban J connectivity index is 2.54. The lowest BCUT2D eigenvalue weighted by molar-refractivity contribution is 0.274. The molecule has 1 rings (SSSR count). The van der Waals surface area contributed by atoms with Crippen LogP contribution < -0.4 is 9.39 Å². The van der Waals surface area contributed by atoms with E-state index in [2.05, 4.69) is 11.6 Å². The molecule has 99 valence electrons. The van der Waals surface area contributed by atoms with E-state index < -0.39 is 17.4 Å². The molecule has 0 saturated carbocycles. The monoisotopic (exact) mass is 257 g/mol. The molecule has 0 bridgehead atoms. The average molecular weight is 257 g/mol. The topological polar surface area (TPSA) is 38.7 Å². The minimum Gasteiger partial charge on any atom is -0.537 e. The summed E-state index contributed by atoms with van der Waals surface area (Å²) in [6, 6.07) is 1.91. The van der Waals surface area contributed by atoms with Gasteiger partial charge in [0.2, 0.25) is 0 Å². The van der Waals surface area contributed by atoms with Crippen molar-refractivity contribution in [3.8, 4) is 11.5 Å². The zero-order chi connectivity index (χ0) is 13.4. The van der Waals surface area contributed by atoms with Crippen molar-refractivity contribution >= 4 is 7.69 Å². The predicted octanol–water partition coefficient (Wildman–Crippen LogP) is 2.83. The summed E-state index contributed by atoms with van der Waals surface area (Å²) in [7, 11) is 0.361. The molecule has 0 aliphatic rings. The molecule has 0 atom stereocenters. The second-order valence-corrected chi connectivity index (χ2v) is 3.85. The molecular weight excluding hydrogens is 241 g/mol. The maximum atomic E-state index is 13.5. The van der Waals surface area contributed by atoms with E-state index in [1.54, 1.807) is 0 Å². The van der Waals surface area contributed by atoms with Crippen LogP contribution in [0.1, 0.15) is 32.6 Å². The van der Waals surface area contributed by atoms with Crippen LogP contribution in [0.3, 0.4) is 0 Å². The van der Waals surface area contributed by atoms with E-state index in [0.717, 1.165) is 37.8 Å². The van der Waals surface area contributed by atoms with Gasteiger partial charge in [-0.1, -0.05) is 26.2 Å². The van der Waals surface area contributed by atoms with Crippen LogP contribution in [0.15, 0.2) is 12.1 Å². The van der Waals surface area contributed by atoms with Gasteiger partial charge in [0.1, 0.15) is 5.75 Å². The van der Waals surface area contributed by atoms with Crippen molar-refractivity contribution < 1.29 is 23.2 Å². The number of hydrogen-bond donors (Lipinski definition) is 1. The molecule has 1 aromatic rings. The van der Waals surface area contributed by atoms with E-state index in [-0.39, 0.29) is 12.4 Å². The summed E-state index contributed by atoms with van der Waals surface area (Å²) in [5.41, 5.74) is 0. The van der Waals surface area contributed by atoms with Gasteiger partial charge in [-0.2, -0.15) is 0 Å². The van der Waals surface area contributed by atoms with Crippen LogP contribution in [0.25, 0.3) is 0 Å². The zero-order valence-corrected chi connectivity index (χ0v) is 10.3.